The van der Waals surface area contributed by atoms with Gasteiger partial charge in [-0.25, -0.2) is 0 Å². The van der Waals surface area contributed by atoms with Gasteiger partial charge >= 0.3 is 6.61 Å². The van der Waals surface area contributed by atoms with E-state index >= 15 is 0 Å². The van der Waals surface area contributed by atoms with E-state index in [9.17, 15) is 8.78 Å². The van der Waals surface area contributed by atoms with Crippen LogP contribution in [0.4, 0.5) is 14.5 Å². The van der Waals surface area contributed by atoms with Gasteiger partial charge < -0.3 is 10.1 Å². The molecule has 0 radical (unpaired) electrons. The average Bonchev–Trinajstić information content (AvgIpc) is 2.47. The van der Waals surface area contributed by atoms with E-state index in [1.807, 2.05) is 43.5 Å². The number of halogens is 2. The van der Waals surface area contributed by atoms with E-state index in [-0.39, 0.29) is 11.8 Å². The molecule has 1 unspecified atom stereocenters. The minimum atomic E-state index is -2.80. The third kappa shape index (κ3) is 4.63. The van der Waals surface area contributed by atoms with E-state index in [1.54, 1.807) is 23.9 Å². The Morgan fingerprint density at radius 1 is 1.10 bits per heavy atom. The first-order chi connectivity index (χ1) is 10.1. The highest BCUT2D eigenvalue weighted by Gasteiger charge is 2.09. The maximum atomic E-state index is 12.2. The summed E-state index contributed by atoms with van der Waals surface area (Å²) in [5.74, 6) is 0.175. The Morgan fingerprint density at radius 3 is 2.43 bits per heavy atom. The standard InChI is InChI=1S/C16H17F2NOS/c1-11(19-13-6-8-15(21-2)9-7-13)12-4-3-5-14(10-12)20-16(17)18/h3-11,16,19H,1-2H3. The first kappa shape index (κ1) is 15.6. The molecule has 0 aromatic heterocycles. The highest BCUT2D eigenvalue weighted by atomic mass is 32.2. The summed E-state index contributed by atoms with van der Waals surface area (Å²) in [4.78, 5) is 1.19. The molecule has 5 heteroatoms. The Morgan fingerprint density at radius 2 is 1.81 bits per heavy atom. The van der Waals surface area contributed by atoms with Gasteiger partial charge in [-0.2, -0.15) is 8.78 Å². The Hall–Kier alpha value is -1.75. The monoisotopic (exact) mass is 309 g/mol. The van der Waals surface area contributed by atoms with Crippen molar-refractivity contribution >= 4 is 17.4 Å². The fraction of sp³-hybridized carbons (Fsp3) is 0.250. The molecule has 0 amide bonds. The van der Waals surface area contributed by atoms with Crippen LogP contribution in [-0.4, -0.2) is 12.9 Å². The SMILES string of the molecule is CSc1ccc(NC(C)c2cccc(OC(F)F)c2)cc1. The molecule has 0 spiro atoms. The Kier molecular flexibility index (Phi) is 5.44. The Labute approximate surface area is 127 Å². The molecular formula is C16H17F2NOS. The van der Waals surface area contributed by atoms with Gasteiger partial charge in [0.2, 0.25) is 0 Å². The quantitative estimate of drug-likeness (QED) is 0.743. The molecule has 0 aliphatic rings. The lowest BCUT2D eigenvalue weighted by atomic mass is 10.1. The summed E-state index contributed by atoms with van der Waals surface area (Å²) in [5, 5.41) is 3.34. The summed E-state index contributed by atoms with van der Waals surface area (Å²) in [6, 6.07) is 14.8. The minimum absolute atomic E-state index is 0.00801. The Bertz CT molecular complexity index is 575. The van der Waals surface area contributed by atoms with E-state index in [4.69, 9.17) is 0 Å². The molecule has 2 aromatic rings. The summed E-state index contributed by atoms with van der Waals surface area (Å²) in [6.07, 6.45) is 2.03. The van der Waals surface area contributed by atoms with E-state index < -0.39 is 6.61 Å². The van der Waals surface area contributed by atoms with Crippen LogP contribution in [0.5, 0.6) is 5.75 Å². The topological polar surface area (TPSA) is 21.3 Å². The minimum Gasteiger partial charge on any atom is -0.435 e. The second kappa shape index (κ2) is 7.31. The number of alkyl halides is 2. The molecule has 0 aliphatic carbocycles. The highest BCUT2D eigenvalue weighted by molar-refractivity contribution is 7.98. The predicted molar refractivity (Wildman–Crippen MR) is 83.3 cm³/mol. The van der Waals surface area contributed by atoms with Crippen LogP contribution in [0.15, 0.2) is 53.4 Å². The fourth-order valence-electron chi connectivity index (χ4n) is 1.98. The lowest BCUT2D eigenvalue weighted by Crippen LogP contribution is -2.07. The average molecular weight is 309 g/mol. The lowest BCUT2D eigenvalue weighted by molar-refractivity contribution is -0.0498. The van der Waals surface area contributed by atoms with E-state index in [2.05, 4.69) is 10.1 Å². The molecule has 0 heterocycles. The van der Waals surface area contributed by atoms with Gasteiger partial charge in [0.15, 0.2) is 0 Å². The molecule has 0 bridgehead atoms. The zero-order valence-corrected chi connectivity index (χ0v) is 12.7. The van der Waals surface area contributed by atoms with Gasteiger partial charge in [0, 0.05) is 16.6 Å². The summed E-state index contributed by atoms with van der Waals surface area (Å²) >= 11 is 1.69. The normalized spacial score (nSPS) is 12.2. The van der Waals surface area contributed by atoms with Crippen molar-refractivity contribution in [2.45, 2.75) is 24.5 Å². The van der Waals surface area contributed by atoms with Gasteiger partial charge in [-0.1, -0.05) is 12.1 Å². The number of benzene rings is 2. The van der Waals surface area contributed by atoms with E-state index in [1.165, 1.54) is 11.0 Å². The second-order valence-corrected chi connectivity index (χ2v) is 5.43. The van der Waals surface area contributed by atoms with Crippen LogP contribution in [0, 0.1) is 0 Å². The van der Waals surface area contributed by atoms with Crippen LogP contribution in [0.25, 0.3) is 0 Å². The Balaban J connectivity index is 2.06. The number of hydrogen-bond donors (Lipinski definition) is 1. The first-order valence-electron chi connectivity index (χ1n) is 6.54. The molecule has 0 fully saturated rings. The third-order valence-electron chi connectivity index (χ3n) is 3.06. The fourth-order valence-corrected chi connectivity index (χ4v) is 2.39. The van der Waals surface area contributed by atoms with Crippen molar-refractivity contribution < 1.29 is 13.5 Å². The number of thioether (sulfide) groups is 1. The molecule has 0 aliphatic heterocycles. The number of rotatable bonds is 6. The molecule has 2 nitrogen and oxygen atoms in total. The molecule has 1 atom stereocenters. The molecule has 0 saturated carbocycles. The smallest absolute Gasteiger partial charge is 0.387 e. The third-order valence-corrected chi connectivity index (χ3v) is 3.80. The summed E-state index contributed by atoms with van der Waals surface area (Å²) < 4.78 is 28.9. The van der Waals surface area contributed by atoms with Crippen molar-refractivity contribution in [3.63, 3.8) is 0 Å². The lowest BCUT2D eigenvalue weighted by Gasteiger charge is -2.17. The molecular weight excluding hydrogens is 292 g/mol. The van der Waals surface area contributed by atoms with Gasteiger partial charge in [-0.15, -0.1) is 11.8 Å². The van der Waals surface area contributed by atoms with Crippen LogP contribution in [0.2, 0.25) is 0 Å². The van der Waals surface area contributed by atoms with Crippen molar-refractivity contribution in [3.05, 3.63) is 54.1 Å². The first-order valence-corrected chi connectivity index (χ1v) is 7.76. The molecule has 0 saturated heterocycles. The van der Waals surface area contributed by atoms with Crippen molar-refractivity contribution in [2.24, 2.45) is 0 Å². The van der Waals surface area contributed by atoms with Crippen molar-refractivity contribution in [2.75, 3.05) is 11.6 Å². The zero-order chi connectivity index (χ0) is 15.2. The van der Waals surface area contributed by atoms with Crippen molar-refractivity contribution in [1.82, 2.24) is 0 Å². The van der Waals surface area contributed by atoms with Gasteiger partial charge in [0.1, 0.15) is 5.75 Å². The largest absolute Gasteiger partial charge is 0.435 e. The summed E-state index contributed by atoms with van der Waals surface area (Å²) in [6.45, 7) is -0.827. The van der Waals surface area contributed by atoms with Gasteiger partial charge in [0.05, 0.1) is 0 Å². The number of hydrogen-bond acceptors (Lipinski definition) is 3. The van der Waals surface area contributed by atoms with Gasteiger partial charge in [0.25, 0.3) is 0 Å². The van der Waals surface area contributed by atoms with Crippen LogP contribution in [0.1, 0.15) is 18.5 Å². The molecule has 2 aromatic carbocycles. The van der Waals surface area contributed by atoms with Crippen molar-refractivity contribution in [1.29, 1.82) is 0 Å². The molecule has 2 rings (SSSR count). The van der Waals surface area contributed by atoms with Crippen LogP contribution in [-0.2, 0) is 0 Å². The van der Waals surface area contributed by atoms with E-state index in [0.717, 1.165) is 11.3 Å². The van der Waals surface area contributed by atoms with Crippen LogP contribution >= 0.6 is 11.8 Å². The van der Waals surface area contributed by atoms with Crippen LogP contribution < -0.4 is 10.1 Å². The molecule has 21 heavy (non-hydrogen) atoms. The van der Waals surface area contributed by atoms with Gasteiger partial charge in [-0.3, -0.25) is 0 Å². The molecule has 112 valence electrons. The van der Waals surface area contributed by atoms with Crippen LogP contribution in [0.3, 0.4) is 0 Å². The van der Waals surface area contributed by atoms with Crippen molar-refractivity contribution in [3.8, 4) is 5.75 Å². The second-order valence-electron chi connectivity index (χ2n) is 4.55. The number of ether oxygens (including phenoxy) is 1. The maximum Gasteiger partial charge on any atom is 0.387 e. The van der Waals surface area contributed by atoms with Gasteiger partial charge in [-0.05, 0) is 55.1 Å². The number of nitrogens with one attached hydrogen (secondary N) is 1. The zero-order valence-electron chi connectivity index (χ0n) is 11.8. The maximum absolute atomic E-state index is 12.2. The summed E-state index contributed by atoms with van der Waals surface area (Å²) in [5.41, 5.74) is 1.88. The van der Waals surface area contributed by atoms with E-state index in [0.29, 0.717) is 0 Å². The highest BCUT2D eigenvalue weighted by Crippen LogP contribution is 2.25. The molecule has 1 N–H and O–H groups in total. The summed E-state index contributed by atoms with van der Waals surface area (Å²) in [7, 11) is 0. The number of anilines is 1. The predicted octanol–water partition coefficient (Wildman–Crippen LogP) is 5.18.